The Morgan fingerprint density at radius 3 is 2.34 bits per heavy atom. The van der Waals surface area contributed by atoms with Crippen LogP contribution in [0.1, 0.15) is 44.0 Å². The number of hydrogen-bond donors (Lipinski definition) is 2. The van der Waals surface area contributed by atoms with Crippen LogP contribution in [0.2, 0.25) is 0 Å². The molecule has 1 aliphatic rings. The van der Waals surface area contributed by atoms with Crippen LogP contribution < -0.4 is 15.5 Å². The molecule has 3 aromatic carbocycles. The number of nitrogens with one attached hydrogen (secondary N) is 2. The highest BCUT2D eigenvalue weighted by molar-refractivity contribution is 7.12. The standard InChI is InChI=1S/C31H30FN3O2S/c32-25-10-8-24(9-11-25)21-33-30(36)27-20-26(34-31(37)29-7-4-18-38-29)12-13-28(27)35-16-14-23(15-17-35)19-22-5-2-1-3-6-22/h1-13,18,20,23H,14-17,19,21H2,(H,33,36)(H,34,37). The number of anilines is 2. The molecule has 1 aromatic heterocycles. The number of carbonyl (C=O) groups excluding carboxylic acids is 2. The van der Waals surface area contributed by atoms with Crippen LogP contribution in [0.15, 0.2) is 90.3 Å². The third kappa shape index (κ3) is 6.47. The third-order valence-corrected chi connectivity index (χ3v) is 7.80. The molecule has 2 N–H and O–H groups in total. The van der Waals surface area contributed by atoms with Crippen LogP contribution in [0.5, 0.6) is 0 Å². The van der Waals surface area contributed by atoms with Gasteiger partial charge in [-0.2, -0.15) is 0 Å². The lowest BCUT2D eigenvalue weighted by Crippen LogP contribution is -2.36. The molecular weight excluding hydrogens is 497 g/mol. The first-order chi connectivity index (χ1) is 18.5. The lowest BCUT2D eigenvalue weighted by molar-refractivity contribution is 0.0950. The van der Waals surface area contributed by atoms with Crippen LogP contribution >= 0.6 is 11.3 Å². The maximum Gasteiger partial charge on any atom is 0.265 e. The number of nitrogens with zero attached hydrogens (tertiary/aromatic N) is 1. The highest BCUT2D eigenvalue weighted by atomic mass is 32.1. The number of halogens is 1. The van der Waals surface area contributed by atoms with Crippen LogP contribution in [-0.4, -0.2) is 24.9 Å². The summed E-state index contributed by atoms with van der Waals surface area (Å²) in [6.45, 7) is 2.00. The number of piperidine rings is 1. The zero-order valence-corrected chi connectivity index (χ0v) is 21.8. The molecule has 0 aliphatic carbocycles. The van der Waals surface area contributed by atoms with Gasteiger partial charge >= 0.3 is 0 Å². The molecular formula is C31H30FN3O2S. The smallest absolute Gasteiger partial charge is 0.265 e. The minimum Gasteiger partial charge on any atom is -0.371 e. The van der Waals surface area contributed by atoms with Crippen LogP contribution in [0.3, 0.4) is 0 Å². The molecule has 2 heterocycles. The Hall–Kier alpha value is -3.97. The van der Waals surface area contributed by atoms with Crippen molar-refractivity contribution in [2.75, 3.05) is 23.3 Å². The van der Waals surface area contributed by atoms with Gasteiger partial charge in [0.05, 0.1) is 10.4 Å². The van der Waals surface area contributed by atoms with E-state index >= 15 is 0 Å². The van der Waals surface area contributed by atoms with E-state index in [0.717, 1.165) is 43.6 Å². The summed E-state index contributed by atoms with van der Waals surface area (Å²) in [5, 5.41) is 7.74. The molecule has 0 spiro atoms. The molecule has 0 saturated carbocycles. The molecule has 0 bridgehead atoms. The second-order valence-corrected chi connectivity index (χ2v) is 10.5. The van der Waals surface area contributed by atoms with Gasteiger partial charge in [-0.15, -0.1) is 11.3 Å². The van der Waals surface area contributed by atoms with E-state index in [1.165, 1.54) is 29.0 Å². The maximum atomic E-state index is 13.4. The summed E-state index contributed by atoms with van der Waals surface area (Å²) in [5.74, 6) is -0.143. The number of hydrogen-bond acceptors (Lipinski definition) is 4. The minimum atomic E-state index is -0.313. The number of thiophene rings is 1. The molecule has 7 heteroatoms. The van der Waals surface area contributed by atoms with Crippen molar-refractivity contribution in [2.24, 2.45) is 5.92 Å². The monoisotopic (exact) mass is 527 g/mol. The van der Waals surface area contributed by atoms with Crippen molar-refractivity contribution in [1.82, 2.24) is 5.32 Å². The Balaban J connectivity index is 1.32. The summed E-state index contributed by atoms with van der Waals surface area (Å²) in [6.07, 6.45) is 3.15. The second kappa shape index (κ2) is 12.0. The van der Waals surface area contributed by atoms with Crippen molar-refractivity contribution in [3.05, 3.63) is 118 Å². The molecule has 5 rings (SSSR count). The van der Waals surface area contributed by atoms with Crippen molar-refractivity contribution in [3.8, 4) is 0 Å². The Morgan fingerprint density at radius 2 is 1.63 bits per heavy atom. The first-order valence-corrected chi connectivity index (χ1v) is 13.7. The largest absolute Gasteiger partial charge is 0.371 e. The van der Waals surface area contributed by atoms with Gasteiger partial charge < -0.3 is 15.5 Å². The summed E-state index contributed by atoms with van der Waals surface area (Å²) in [4.78, 5) is 28.9. The number of carbonyl (C=O) groups is 2. The van der Waals surface area contributed by atoms with Crippen molar-refractivity contribution in [3.63, 3.8) is 0 Å². The fourth-order valence-electron chi connectivity index (χ4n) is 4.88. The summed E-state index contributed by atoms with van der Waals surface area (Å²) in [6, 6.07) is 25.8. The highest BCUT2D eigenvalue weighted by Crippen LogP contribution is 2.30. The predicted octanol–water partition coefficient (Wildman–Crippen LogP) is 6.53. The maximum absolute atomic E-state index is 13.4. The van der Waals surface area contributed by atoms with Gasteiger partial charge in [0.15, 0.2) is 0 Å². The molecule has 0 radical (unpaired) electrons. The van der Waals surface area contributed by atoms with Crippen LogP contribution in [0, 0.1) is 11.7 Å². The van der Waals surface area contributed by atoms with Gasteiger partial charge in [-0.3, -0.25) is 9.59 Å². The quantitative estimate of drug-likeness (QED) is 0.274. The summed E-state index contributed by atoms with van der Waals surface area (Å²) in [7, 11) is 0. The number of amides is 2. The lowest BCUT2D eigenvalue weighted by atomic mass is 9.89. The van der Waals surface area contributed by atoms with E-state index in [2.05, 4.69) is 39.8 Å². The van der Waals surface area contributed by atoms with E-state index in [-0.39, 0.29) is 24.2 Å². The SMILES string of the molecule is O=C(Nc1ccc(N2CCC(Cc3ccccc3)CC2)c(C(=O)NCc2ccc(F)cc2)c1)c1cccs1. The zero-order chi connectivity index (χ0) is 26.3. The fourth-order valence-corrected chi connectivity index (χ4v) is 5.50. The second-order valence-electron chi connectivity index (χ2n) is 9.59. The first-order valence-electron chi connectivity index (χ1n) is 12.9. The van der Waals surface area contributed by atoms with E-state index in [1.54, 1.807) is 24.3 Å². The Bertz CT molecular complexity index is 1370. The first kappa shape index (κ1) is 25.7. The molecule has 194 valence electrons. The van der Waals surface area contributed by atoms with E-state index in [9.17, 15) is 14.0 Å². The van der Waals surface area contributed by atoms with Gasteiger partial charge in [0.1, 0.15) is 5.82 Å². The average Bonchev–Trinajstić information content (AvgIpc) is 3.49. The summed E-state index contributed by atoms with van der Waals surface area (Å²) >= 11 is 1.37. The van der Waals surface area contributed by atoms with Gasteiger partial charge in [-0.25, -0.2) is 4.39 Å². The Morgan fingerprint density at radius 1 is 0.868 bits per heavy atom. The Kier molecular flexibility index (Phi) is 8.14. The zero-order valence-electron chi connectivity index (χ0n) is 21.0. The average molecular weight is 528 g/mol. The molecule has 0 unspecified atom stereocenters. The van der Waals surface area contributed by atoms with E-state index < -0.39 is 0 Å². The topological polar surface area (TPSA) is 61.4 Å². The molecule has 38 heavy (non-hydrogen) atoms. The molecule has 1 aliphatic heterocycles. The number of benzene rings is 3. The van der Waals surface area contributed by atoms with Crippen LogP contribution in [0.4, 0.5) is 15.8 Å². The highest BCUT2D eigenvalue weighted by Gasteiger charge is 2.24. The van der Waals surface area contributed by atoms with Crippen LogP contribution in [0.25, 0.3) is 0 Å². The molecule has 5 nitrogen and oxygen atoms in total. The van der Waals surface area contributed by atoms with Crippen LogP contribution in [-0.2, 0) is 13.0 Å². The lowest BCUT2D eigenvalue weighted by Gasteiger charge is -2.35. The summed E-state index contributed by atoms with van der Waals surface area (Å²) < 4.78 is 13.3. The van der Waals surface area contributed by atoms with E-state index in [1.807, 2.05) is 29.6 Å². The van der Waals surface area contributed by atoms with Gasteiger partial charge in [0.2, 0.25) is 0 Å². The third-order valence-electron chi connectivity index (χ3n) is 6.93. The molecule has 1 saturated heterocycles. The van der Waals surface area contributed by atoms with Crippen molar-refractivity contribution >= 4 is 34.5 Å². The van der Waals surface area contributed by atoms with Crippen molar-refractivity contribution < 1.29 is 14.0 Å². The van der Waals surface area contributed by atoms with Gasteiger partial charge in [-0.05, 0) is 78.1 Å². The molecule has 0 atom stereocenters. The summed E-state index contributed by atoms with van der Waals surface area (Å²) in [5.41, 5.74) is 4.10. The van der Waals surface area contributed by atoms with Gasteiger partial charge in [0, 0.05) is 31.0 Å². The molecule has 2 amide bonds. The van der Waals surface area contributed by atoms with Crippen molar-refractivity contribution in [2.45, 2.75) is 25.8 Å². The van der Waals surface area contributed by atoms with E-state index in [4.69, 9.17) is 0 Å². The van der Waals surface area contributed by atoms with E-state index in [0.29, 0.717) is 22.0 Å². The van der Waals surface area contributed by atoms with Gasteiger partial charge in [-0.1, -0.05) is 48.5 Å². The number of rotatable bonds is 8. The fraction of sp³-hybridized carbons (Fsp3) is 0.226. The molecule has 4 aromatic rings. The molecule has 1 fully saturated rings. The van der Waals surface area contributed by atoms with Gasteiger partial charge in [0.25, 0.3) is 11.8 Å². The van der Waals surface area contributed by atoms with Crippen molar-refractivity contribution in [1.29, 1.82) is 0 Å². The minimum absolute atomic E-state index is 0.202. The predicted molar refractivity (Wildman–Crippen MR) is 151 cm³/mol. The normalized spacial score (nSPS) is 13.8. The Labute approximate surface area is 226 Å².